The predicted molar refractivity (Wildman–Crippen MR) is 99.7 cm³/mol. The number of ether oxygens (including phenoxy) is 2. The van der Waals surface area contributed by atoms with Gasteiger partial charge in [-0.05, 0) is 44.6 Å². The van der Waals surface area contributed by atoms with Crippen LogP contribution in [0.4, 0.5) is 13.2 Å². The third-order valence-electron chi connectivity index (χ3n) is 5.67. The first kappa shape index (κ1) is 22.4. The highest BCUT2D eigenvalue weighted by Gasteiger charge is 2.49. The van der Waals surface area contributed by atoms with Gasteiger partial charge in [-0.1, -0.05) is 12.8 Å². The van der Waals surface area contributed by atoms with Gasteiger partial charge in [0, 0.05) is 31.1 Å². The van der Waals surface area contributed by atoms with E-state index in [2.05, 4.69) is 16.0 Å². The van der Waals surface area contributed by atoms with Gasteiger partial charge in [0.1, 0.15) is 5.76 Å². The van der Waals surface area contributed by atoms with Gasteiger partial charge in [0.05, 0.1) is 12.2 Å². The summed E-state index contributed by atoms with van der Waals surface area (Å²) in [6.07, 6.45) is 7.79. The molecule has 4 unspecified atom stereocenters. The van der Waals surface area contributed by atoms with Gasteiger partial charge in [0.2, 0.25) is 0 Å². The molecule has 2 bridgehead atoms. The van der Waals surface area contributed by atoms with Crippen LogP contribution in [0.2, 0.25) is 0 Å². The molecule has 0 saturated carbocycles. The molecule has 164 valence electrons. The van der Waals surface area contributed by atoms with E-state index in [9.17, 15) is 21.6 Å². The summed E-state index contributed by atoms with van der Waals surface area (Å²) < 4.78 is 77.3. The van der Waals surface area contributed by atoms with Crippen molar-refractivity contribution in [2.24, 2.45) is 11.8 Å². The fourth-order valence-corrected chi connectivity index (χ4v) is 4.69. The third kappa shape index (κ3) is 5.68. The van der Waals surface area contributed by atoms with Crippen LogP contribution >= 0.6 is 0 Å². The summed E-state index contributed by atoms with van der Waals surface area (Å²) in [6.45, 7) is 1.99. The number of allylic oxidation sites excluding steroid dienone is 2. The molecule has 0 aromatic heterocycles. The van der Waals surface area contributed by atoms with E-state index in [0.717, 1.165) is 32.1 Å². The average Bonchev–Trinajstić information content (AvgIpc) is 3.09. The van der Waals surface area contributed by atoms with E-state index in [0.29, 0.717) is 19.3 Å². The third-order valence-corrected chi connectivity index (χ3v) is 6.67. The molecule has 0 radical (unpaired) electrons. The van der Waals surface area contributed by atoms with Crippen molar-refractivity contribution in [3.05, 3.63) is 11.8 Å². The molecule has 0 amide bonds. The smallest absolute Gasteiger partial charge is 0.381 e. The Balaban J connectivity index is 1.82. The lowest BCUT2D eigenvalue weighted by molar-refractivity contribution is -0.178. The summed E-state index contributed by atoms with van der Waals surface area (Å²) in [5.41, 5.74) is -5.45. The summed E-state index contributed by atoms with van der Waals surface area (Å²) in [7, 11) is -5.67. The van der Waals surface area contributed by atoms with Crippen molar-refractivity contribution in [1.29, 1.82) is 0 Å². The molecular formula is C20H27F3O5S. The van der Waals surface area contributed by atoms with Crippen LogP contribution in [0.25, 0.3) is 0 Å². The zero-order chi connectivity index (χ0) is 21.1. The highest BCUT2D eigenvalue weighted by Crippen LogP contribution is 2.38. The summed E-state index contributed by atoms with van der Waals surface area (Å²) in [5.74, 6) is 5.54. The first-order valence-electron chi connectivity index (χ1n) is 10.2. The van der Waals surface area contributed by atoms with Crippen LogP contribution in [-0.2, 0) is 23.8 Å². The number of hydrogen-bond donors (Lipinski definition) is 0. The van der Waals surface area contributed by atoms with Gasteiger partial charge >= 0.3 is 15.6 Å². The van der Waals surface area contributed by atoms with Crippen molar-refractivity contribution >= 4 is 10.1 Å². The Labute approximate surface area is 170 Å². The lowest BCUT2D eigenvalue weighted by Gasteiger charge is -2.34. The molecule has 5 atom stereocenters. The Morgan fingerprint density at radius 2 is 1.97 bits per heavy atom. The van der Waals surface area contributed by atoms with E-state index in [1.165, 1.54) is 6.08 Å². The van der Waals surface area contributed by atoms with Crippen molar-refractivity contribution in [3.63, 3.8) is 0 Å². The maximum Gasteiger partial charge on any atom is 0.534 e. The first-order valence-corrected chi connectivity index (χ1v) is 11.6. The molecule has 2 heterocycles. The Morgan fingerprint density at radius 1 is 1.17 bits per heavy atom. The summed E-state index contributed by atoms with van der Waals surface area (Å²) >= 11 is 0. The van der Waals surface area contributed by atoms with E-state index >= 15 is 0 Å². The molecule has 0 N–H and O–H groups in total. The number of fused-ring (bicyclic) bond motifs is 3. The van der Waals surface area contributed by atoms with Gasteiger partial charge in [-0.2, -0.15) is 21.6 Å². The number of hydrogen-bond acceptors (Lipinski definition) is 5. The van der Waals surface area contributed by atoms with E-state index in [4.69, 9.17) is 9.47 Å². The second-order valence-corrected chi connectivity index (χ2v) is 9.30. The van der Waals surface area contributed by atoms with Gasteiger partial charge in [-0.25, -0.2) is 0 Å². The lowest BCUT2D eigenvalue weighted by Crippen LogP contribution is -2.35. The zero-order valence-corrected chi connectivity index (χ0v) is 17.2. The number of halogens is 3. The van der Waals surface area contributed by atoms with Crippen LogP contribution in [0.1, 0.15) is 64.7 Å². The summed E-state index contributed by atoms with van der Waals surface area (Å²) in [4.78, 5) is 0. The lowest BCUT2D eigenvalue weighted by atomic mass is 9.79. The van der Waals surface area contributed by atoms with E-state index < -0.39 is 21.5 Å². The first-order chi connectivity index (χ1) is 13.7. The van der Waals surface area contributed by atoms with Crippen molar-refractivity contribution in [2.45, 2.75) is 88.7 Å². The topological polar surface area (TPSA) is 61.8 Å². The molecule has 29 heavy (non-hydrogen) atoms. The van der Waals surface area contributed by atoms with Gasteiger partial charge < -0.3 is 13.7 Å². The summed E-state index contributed by atoms with van der Waals surface area (Å²) in [5, 5.41) is 0. The van der Waals surface area contributed by atoms with Crippen LogP contribution < -0.4 is 0 Å². The van der Waals surface area contributed by atoms with E-state index in [1.54, 1.807) is 0 Å². The predicted octanol–water partition coefficient (Wildman–Crippen LogP) is 4.64. The minimum Gasteiger partial charge on any atom is -0.381 e. The Morgan fingerprint density at radius 3 is 2.69 bits per heavy atom. The highest BCUT2D eigenvalue weighted by atomic mass is 32.2. The zero-order valence-electron chi connectivity index (χ0n) is 16.4. The molecule has 3 aliphatic rings. The Kier molecular flexibility index (Phi) is 7.18. The second-order valence-electron chi connectivity index (χ2n) is 7.76. The van der Waals surface area contributed by atoms with Crippen molar-refractivity contribution < 1.29 is 35.2 Å². The van der Waals surface area contributed by atoms with Crippen LogP contribution in [0.5, 0.6) is 0 Å². The largest absolute Gasteiger partial charge is 0.534 e. The fourth-order valence-electron chi connectivity index (χ4n) is 4.17. The molecule has 0 spiro atoms. The number of rotatable bonds is 3. The summed E-state index contributed by atoms with van der Waals surface area (Å²) in [6, 6.07) is 0. The van der Waals surface area contributed by atoms with Crippen molar-refractivity contribution in [2.75, 3.05) is 0 Å². The normalized spacial score (nSPS) is 33.8. The SMILES string of the molecule is CCC1OC2CC[C@@H](CCCCC#CC3C=C(OS(=O)(=O)C(F)(F)F)CCC31)O2. The molecule has 1 aliphatic carbocycles. The molecule has 5 nitrogen and oxygen atoms in total. The highest BCUT2D eigenvalue weighted by molar-refractivity contribution is 7.87. The van der Waals surface area contributed by atoms with Crippen molar-refractivity contribution in [1.82, 2.24) is 0 Å². The quantitative estimate of drug-likeness (QED) is 0.366. The molecule has 0 aromatic rings. The minimum absolute atomic E-state index is 0.0585. The monoisotopic (exact) mass is 436 g/mol. The number of alkyl halides is 3. The van der Waals surface area contributed by atoms with Gasteiger partial charge in [0.15, 0.2) is 6.29 Å². The molecule has 3 rings (SSSR count). The van der Waals surface area contributed by atoms with Gasteiger partial charge in [0.25, 0.3) is 0 Å². The fraction of sp³-hybridized carbons (Fsp3) is 0.800. The van der Waals surface area contributed by atoms with Gasteiger partial charge in [-0.3, -0.25) is 0 Å². The molecule has 1 saturated heterocycles. The maximum absolute atomic E-state index is 12.7. The standard InChI is InChI=1S/C20H27F3O5S/c1-2-18-17-11-9-16(28-29(24,25)20(21,22)23)13-14(17)7-5-3-4-6-8-15-10-12-19(26-15)27-18/h13-15,17-19H,2-4,6,8-12H2,1H3/t14?,15-,17?,18?,19?/m1/s1. The van der Waals surface area contributed by atoms with Crippen LogP contribution in [0.15, 0.2) is 11.8 Å². The molecule has 9 heteroatoms. The Hall–Kier alpha value is -1.24. The second kappa shape index (κ2) is 9.27. The van der Waals surface area contributed by atoms with Crippen molar-refractivity contribution in [3.8, 4) is 11.8 Å². The van der Waals surface area contributed by atoms with Crippen LogP contribution in [0.3, 0.4) is 0 Å². The molecular weight excluding hydrogens is 409 g/mol. The average molecular weight is 436 g/mol. The Bertz CT molecular complexity index is 765. The maximum atomic E-state index is 12.7. The molecule has 2 aliphatic heterocycles. The van der Waals surface area contributed by atoms with Crippen LogP contribution in [0, 0.1) is 23.7 Å². The molecule has 0 aromatic carbocycles. The van der Waals surface area contributed by atoms with E-state index in [-0.39, 0.29) is 36.6 Å². The van der Waals surface area contributed by atoms with Gasteiger partial charge in [-0.15, -0.1) is 5.92 Å². The van der Waals surface area contributed by atoms with E-state index in [1.807, 2.05) is 6.92 Å². The minimum atomic E-state index is -5.67. The van der Waals surface area contributed by atoms with Crippen LogP contribution in [-0.4, -0.2) is 32.4 Å². The molecule has 1 fully saturated rings.